The SMILES string of the molecule is C[C@@H]1CCN(CCC2CC3(CCNCC3)C2)C(=O)C1. The Labute approximate surface area is 117 Å². The van der Waals surface area contributed by atoms with Crippen molar-refractivity contribution < 1.29 is 4.79 Å². The van der Waals surface area contributed by atoms with E-state index in [-0.39, 0.29) is 0 Å². The highest BCUT2D eigenvalue weighted by Crippen LogP contribution is 2.52. The van der Waals surface area contributed by atoms with Crippen molar-refractivity contribution in [2.45, 2.75) is 51.9 Å². The number of hydrogen-bond acceptors (Lipinski definition) is 2. The molecule has 0 unspecified atom stereocenters. The third-order valence-electron chi connectivity index (χ3n) is 5.68. The summed E-state index contributed by atoms with van der Waals surface area (Å²) in [6.45, 7) is 6.65. The minimum atomic E-state index is 0.398. The van der Waals surface area contributed by atoms with Crippen molar-refractivity contribution >= 4 is 5.91 Å². The van der Waals surface area contributed by atoms with Gasteiger partial charge in [0.05, 0.1) is 0 Å². The van der Waals surface area contributed by atoms with Crippen LogP contribution in [0.2, 0.25) is 0 Å². The lowest BCUT2D eigenvalue weighted by Crippen LogP contribution is -2.46. The average molecular weight is 264 g/mol. The van der Waals surface area contributed by atoms with E-state index in [9.17, 15) is 4.79 Å². The fourth-order valence-electron chi connectivity index (χ4n) is 4.34. The Kier molecular flexibility index (Phi) is 3.84. The fraction of sp³-hybridized carbons (Fsp3) is 0.938. The van der Waals surface area contributed by atoms with Crippen LogP contribution in [0.5, 0.6) is 0 Å². The Hall–Kier alpha value is -0.570. The van der Waals surface area contributed by atoms with Crippen LogP contribution in [0.15, 0.2) is 0 Å². The maximum absolute atomic E-state index is 11.9. The van der Waals surface area contributed by atoms with Crippen molar-refractivity contribution in [1.29, 1.82) is 0 Å². The van der Waals surface area contributed by atoms with Crippen LogP contribution < -0.4 is 5.32 Å². The number of piperidine rings is 2. The predicted octanol–water partition coefficient (Wildman–Crippen LogP) is 2.41. The summed E-state index contributed by atoms with van der Waals surface area (Å²) in [6.07, 6.45) is 8.83. The molecule has 0 aromatic carbocycles. The van der Waals surface area contributed by atoms with Gasteiger partial charge in [0.25, 0.3) is 0 Å². The second-order valence-electron chi connectivity index (χ2n) is 7.29. The van der Waals surface area contributed by atoms with Crippen LogP contribution in [-0.4, -0.2) is 37.0 Å². The van der Waals surface area contributed by atoms with Gasteiger partial charge in [0.2, 0.25) is 5.91 Å². The number of rotatable bonds is 3. The van der Waals surface area contributed by atoms with Crippen molar-refractivity contribution in [2.75, 3.05) is 26.2 Å². The Morgan fingerprint density at radius 2 is 2.05 bits per heavy atom. The molecule has 0 aromatic rings. The zero-order valence-electron chi connectivity index (χ0n) is 12.3. The minimum absolute atomic E-state index is 0.398. The number of carbonyl (C=O) groups excluding carboxylic acids is 1. The van der Waals surface area contributed by atoms with Crippen molar-refractivity contribution in [3.05, 3.63) is 0 Å². The highest BCUT2D eigenvalue weighted by Gasteiger charge is 2.44. The average Bonchev–Trinajstić information content (AvgIpc) is 2.36. The van der Waals surface area contributed by atoms with Gasteiger partial charge in [0.15, 0.2) is 0 Å². The quantitative estimate of drug-likeness (QED) is 0.849. The summed E-state index contributed by atoms with van der Waals surface area (Å²) in [5, 5.41) is 3.46. The highest BCUT2D eigenvalue weighted by atomic mass is 16.2. The first kappa shape index (κ1) is 13.4. The van der Waals surface area contributed by atoms with Gasteiger partial charge < -0.3 is 10.2 Å². The summed E-state index contributed by atoms with van der Waals surface area (Å²) in [5.74, 6) is 1.89. The fourth-order valence-corrected chi connectivity index (χ4v) is 4.34. The molecule has 2 aliphatic heterocycles. The van der Waals surface area contributed by atoms with Crippen molar-refractivity contribution in [3.63, 3.8) is 0 Å². The lowest BCUT2D eigenvalue weighted by molar-refractivity contribution is -0.135. The maximum atomic E-state index is 11.9. The monoisotopic (exact) mass is 264 g/mol. The maximum Gasteiger partial charge on any atom is 0.222 e. The summed E-state index contributed by atoms with van der Waals surface area (Å²) in [4.78, 5) is 14.1. The summed E-state index contributed by atoms with van der Waals surface area (Å²) < 4.78 is 0. The molecule has 1 aliphatic carbocycles. The van der Waals surface area contributed by atoms with Gasteiger partial charge in [-0.1, -0.05) is 6.92 Å². The van der Waals surface area contributed by atoms with Crippen LogP contribution in [0.3, 0.4) is 0 Å². The molecular weight excluding hydrogens is 236 g/mol. The van der Waals surface area contributed by atoms with Gasteiger partial charge in [-0.25, -0.2) is 0 Å². The highest BCUT2D eigenvalue weighted by molar-refractivity contribution is 5.77. The normalized spacial score (nSPS) is 31.5. The second kappa shape index (κ2) is 5.43. The molecule has 1 atom stereocenters. The molecule has 3 fully saturated rings. The molecule has 108 valence electrons. The van der Waals surface area contributed by atoms with E-state index in [1.165, 1.54) is 51.6 Å². The lowest BCUT2D eigenvalue weighted by Gasteiger charge is -2.51. The Bertz CT molecular complexity index is 328. The Morgan fingerprint density at radius 1 is 1.32 bits per heavy atom. The number of amides is 1. The Balaban J connectivity index is 1.39. The van der Waals surface area contributed by atoms with Crippen molar-refractivity contribution in [1.82, 2.24) is 10.2 Å². The van der Waals surface area contributed by atoms with Crippen LogP contribution in [0.4, 0.5) is 0 Å². The van der Waals surface area contributed by atoms with E-state index in [4.69, 9.17) is 0 Å². The minimum Gasteiger partial charge on any atom is -0.343 e. The molecule has 3 aliphatic rings. The smallest absolute Gasteiger partial charge is 0.222 e. The molecule has 0 bridgehead atoms. The summed E-state index contributed by atoms with van der Waals surface area (Å²) >= 11 is 0. The topological polar surface area (TPSA) is 32.3 Å². The van der Waals surface area contributed by atoms with Crippen LogP contribution in [0.25, 0.3) is 0 Å². The number of hydrogen-bond donors (Lipinski definition) is 1. The lowest BCUT2D eigenvalue weighted by atomic mass is 9.57. The van der Waals surface area contributed by atoms with Gasteiger partial charge in [-0.15, -0.1) is 0 Å². The van der Waals surface area contributed by atoms with Gasteiger partial charge in [0.1, 0.15) is 0 Å². The molecule has 1 spiro atoms. The number of nitrogens with one attached hydrogen (secondary N) is 1. The van der Waals surface area contributed by atoms with Crippen LogP contribution in [0, 0.1) is 17.3 Å². The third-order valence-corrected chi connectivity index (χ3v) is 5.68. The molecule has 0 aromatic heterocycles. The third kappa shape index (κ3) is 2.96. The Morgan fingerprint density at radius 3 is 2.74 bits per heavy atom. The zero-order chi connectivity index (χ0) is 13.3. The number of nitrogens with zero attached hydrogens (tertiary/aromatic N) is 1. The molecule has 3 heteroatoms. The van der Waals surface area contributed by atoms with E-state index in [1.54, 1.807) is 0 Å². The molecule has 1 N–H and O–H groups in total. The molecule has 0 radical (unpaired) electrons. The van der Waals surface area contributed by atoms with E-state index >= 15 is 0 Å². The van der Waals surface area contributed by atoms with Crippen molar-refractivity contribution in [2.24, 2.45) is 17.3 Å². The molecular formula is C16H28N2O. The summed E-state index contributed by atoms with van der Waals surface area (Å²) in [7, 11) is 0. The van der Waals surface area contributed by atoms with Gasteiger partial charge >= 0.3 is 0 Å². The van der Waals surface area contributed by atoms with E-state index in [1.807, 2.05) is 0 Å². The zero-order valence-corrected chi connectivity index (χ0v) is 12.3. The molecule has 3 rings (SSSR count). The summed E-state index contributed by atoms with van der Waals surface area (Å²) in [5.41, 5.74) is 0.691. The van der Waals surface area contributed by atoms with Gasteiger partial charge in [0, 0.05) is 19.5 Å². The molecule has 19 heavy (non-hydrogen) atoms. The van der Waals surface area contributed by atoms with Gasteiger partial charge in [-0.3, -0.25) is 4.79 Å². The van der Waals surface area contributed by atoms with E-state index in [2.05, 4.69) is 17.1 Å². The van der Waals surface area contributed by atoms with Crippen molar-refractivity contribution in [3.8, 4) is 0 Å². The largest absolute Gasteiger partial charge is 0.343 e. The first-order chi connectivity index (χ1) is 9.17. The standard InChI is InChI=1S/C16H28N2O/c1-13-2-8-18(15(19)10-13)9-3-14-11-16(12-14)4-6-17-7-5-16/h13-14,17H,2-12H2,1H3/t13-/m1/s1. The second-order valence-corrected chi connectivity index (χ2v) is 7.29. The molecule has 3 nitrogen and oxygen atoms in total. The van der Waals surface area contributed by atoms with Crippen LogP contribution in [0.1, 0.15) is 51.9 Å². The number of carbonyl (C=O) groups is 1. The predicted molar refractivity (Wildman–Crippen MR) is 76.9 cm³/mol. The van der Waals surface area contributed by atoms with E-state index in [0.717, 1.165) is 25.4 Å². The van der Waals surface area contributed by atoms with Crippen LogP contribution >= 0.6 is 0 Å². The van der Waals surface area contributed by atoms with Gasteiger partial charge in [-0.05, 0) is 68.9 Å². The summed E-state index contributed by atoms with van der Waals surface area (Å²) in [6, 6.07) is 0. The first-order valence-corrected chi connectivity index (χ1v) is 8.15. The van der Waals surface area contributed by atoms with Gasteiger partial charge in [-0.2, -0.15) is 0 Å². The molecule has 1 saturated carbocycles. The molecule has 1 amide bonds. The van der Waals surface area contributed by atoms with Crippen LogP contribution in [-0.2, 0) is 4.79 Å². The molecule has 2 saturated heterocycles. The van der Waals surface area contributed by atoms with E-state index < -0.39 is 0 Å². The number of likely N-dealkylation sites (tertiary alicyclic amines) is 1. The van der Waals surface area contributed by atoms with E-state index in [0.29, 0.717) is 17.2 Å². The first-order valence-electron chi connectivity index (χ1n) is 8.15. The molecule has 2 heterocycles.